The van der Waals surface area contributed by atoms with Crippen molar-refractivity contribution < 1.29 is 9.60 Å². The van der Waals surface area contributed by atoms with E-state index in [0.29, 0.717) is 23.7 Å². The molecule has 1 aliphatic rings. The van der Waals surface area contributed by atoms with Crippen molar-refractivity contribution in [3.63, 3.8) is 0 Å². The number of halogens is 1. The number of nitrogens with zero attached hydrogens (tertiary/aromatic N) is 2. The van der Waals surface area contributed by atoms with Crippen LogP contribution in [-0.4, -0.2) is 29.0 Å². The van der Waals surface area contributed by atoms with Gasteiger partial charge in [-0.05, 0) is 26.0 Å². The van der Waals surface area contributed by atoms with E-state index in [1.54, 1.807) is 12.1 Å². The molecular weight excluding hydrogens is 269 g/mol. The van der Waals surface area contributed by atoms with Gasteiger partial charge in [0.15, 0.2) is 5.84 Å². The minimum absolute atomic E-state index is 0.0717. The van der Waals surface area contributed by atoms with E-state index in [1.165, 1.54) is 44.6 Å². The molecule has 1 fully saturated rings. The standard InChI is InChI=1S/C16H24FN3O/c1-20(14-6-4-2-3-5-7-14)11-13-9-8-12(10-15(13)17)16(18)19-21/h8-10,14,21H,2-7,11H2,1H3,(H2,18,19). The maximum Gasteiger partial charge on any atom is 0.170 e. The third-order valence-corrected chi connectivity index (χ3v) is 4.32. The van der Waals surface area contributed by atoms with Crippen LogP contribution in [0.25, 0.3) is 0 Å². The normalized spacial score (nSPS) is 18.0. The molecule has 0 amide bonds. The molecule has 0 aromatic heterocycles. The van der Waals surface area contributed by atoms with Gasteiger partial charge in [-0.3, -0.25) is 4.90 Å². The lowest BCUT2D eigenvalue weighted by atomic mass is 10.1. The molecule has 1 aliphatic carbocycles. The molecule has 1 aromatic carbocycles. The number of hydrogen-bond donors (Lipinski definition) is 2. The van der Waals surface area contributed by atoms with E-state index in [0.717, 1.165) is 0 Å². The molecule has 0 atom stereocenters. The lowest BCUT2D eigenvalue weighted by molar-refractivity contribution is 0.210. The van der Waals surface area contributed by atoms with Crippen molar-refractivity contribution in [1.29, 1.82) is 0 Å². The Hall–Kier alpha value is -1.62. The van der Waals surface area contributed by atoms with E-state index in [1.807, 2.05) is 0 Å². The minimum Gasteiger partial charge on any atom is -0.409 e. The average molecular weight is 293 g/mol. The van der Waals surface area contributed by atoms with Gasteiger partial charge < -0.3 is 10.9 Å². The van der Waals surface area contributed by atoms with E-state index in [9.17, 15) is 4.39 Å². The fourth-order valence-corrected chi connectivity index (χ4v) is 2.99. The van der Waals surface area contributed by atoms with Crippen LogP contribution in [0.1, 0.15) is 49.7 Å². The highest BCUT2D eigenvalue weighted by molar-refractivity contribution is 5.97. The highest BCUT2D eigenvalue weighted by Gasteiger charge is 2.18. The zero-order valence-corrected chi connectivity index (χ0v) is 12.6. The first-order chi connectivity index (χ1) is 10.1. The smallest absolute Gasteiger partial charge is 0.170 e. The SMILES string of the molecule is CN(Cc1ccc(/C(N)=N/O)cc1F)C1CCCCCC1. The highest BCUT2D eigenvalue weighted by Crippen LogP contribution is 2.23. The second kappa shape index (κ2) is 7.41. The van der Waals surface area contributed by atoms with Gasteiger partial charge in [-0.2, -0.15) is 0 Å². The summed E-state index contributed by atoms with van der Waals surface area (Å²) >= 11 is 0. The van der Waals surface area contributed by atoms with Crippen LogP contribution in [0.15, 0.2) is 23.4 Å². The van der Waals surface area contributed by atoms with Gasteiger partial charge in [0.05, 0.1) is 0 Å². The molecule has 0 spiro atoms. The molecule has 0 aliphatic heterocycles. The highest BCUT2D eigenvalue weighted by atomic mass is 19.1. The van der Waals surface area contributed by atoms with Gasteiger partial charge >= 0.3 is 0 Å². The molecule has 0 heterocycles. The third-order valence-electron chi connectivity index (χ3n) is 4.32. The molecule has 5 heteroatoms. The Morgan fingerprint density at radius 2 is 2.00 bits per heavy atom. The molecule has 0 saturated heterocycles. The first-order valence-electron chi connectivity index (χ1n) is 7.58. The van der Waals surface area contributed by atoms with Crippen LogP contribution in [0.3, 0.4) is 0 Å². The molecule has 21 heavy (non-hydrogen) atoms. The van der Waals surface area contributed by atoms with Gasteiger partial charge in [0.2, 0.25) is 0 Å². The first kappa shape index (κ1) is 15.8. The molecule has 0 bridgehead atoms. The summed E-state index contributed by atoms with van der Waals surface area (Å²) in [6.07, 6.45) is 7.54. The molecule has 0 unspecified atom stereocenters. The fraction of sp³-hybridized carbons (Fsp3) is 0.562. The minimum atomic E-state index is -0.306. The van der Waals surface area contributed by atoms with Crippen molar-refractivity contribution in [2.75, 3.05) is 7.05 Å². The van der Waals surface area contributed by atoms with E-state index in [2.05, 4.69) is 17.1 Å². The topological polar surface area (TPSA) is 61.8 Å². The Morgan fingerprint density at radius 3 is 2.57 bits per heavy atom. The quantitative estimate of drug-likeness (QED) is 0.295. The van der Waals surface area contributed by atoms with Crippen molar-refractivity contribution in [2.45, 2.75) is 51.1 Å². The van der Waals surface area contributed by atoms with Crippen LogP contribution in [-0.2, 0) is 6.54 Å². The number of benzene rings is 1. The van der Waals surface area contributed by atoms with Gasteiger partial charge in [0, 0.05) is 23.7 Å². The number of rotatable bonds is 4. The summed E-state index contributed by atoms with van der Waals surface area (Å²) in [5, 5.41) is 11.5. The summed E-state index contributed by atoms with van der Waals surface area (Å²) in [5.41, 5.74) is 6.52. The fourth-order valence-electron chi connectivity index (χ4n) is 2.99. The second-order valence-corrected chi connectivity index (χ2v) is 5.85. The molecule has 2 rings (SSSR count). The number of amidine groups is 1. The lowest BCUT2D eigenvalue weighted by Gasteiger charge is -2.27. The van der Waals surface area contributed by atoms with E-state index < -0.39 is 0 Å². The summed E-state index contributed by atoms with van der Waals surface area (Å²) in [4.78, 5) is 2.24. The van der Waals surface area contributed by atoms with E-state index in [-0.39, 0.29) is 11.7 Å². The Balaban J connectivity index is 2.04. The van der Waals surface area contributed by atoms with Gasteiger partial charge in [-0.1, -0.05) is 43.0 Å². The number of hydrogen-bond acceptors (Lipinski definition) is 3. The average Bonchev–Trinajstić information content (AvgIpc) is 2.77. The van der Waals surface area contributed by atoms with Crippen LogP contribution in [0.2, 0.25) is 0 Å². The van der Waals surface area contributed by atoms with Gasteiger partial charge in [-0.25, -0.2) is 4.39 Å². The summed E-state index contributed by atoms with van der Waals surface area (Å²) < 4.78 is 14.1. The number of oxime groups is 1. The summed E-state index contributed by atoms with van der Waals surface area (Å²) in [7, 11) is 2.06. The Labute approximate surface area is 125 Å². The summed E-state index contributed by atoms with van der Waals surface area (Å²) in [5.74, 6) is -0.378. The lowest BCUT2D eigenvalue weighted by Crippen LogP contribution is -2.31. The van der Waals surface area contributed by atoms with Crippen molar-refractivity contribution >= 4 is 5.84 Å². The van der Waals surface area contributed by atoms with Crippen LogP contribution < -0.4 is 5.73 Å². The van der Waals surface area contributed by atoms with Gasteiger partial charge in [-0.15, -0.1) is 0 Å². The third kappa shape index (κ3) is 4.17. The van der Waals surface area contributed by atoms with Crippen molar-refractivity contribution in [3.8, 4) is 0 Å². The molecule has 1 saturated carbocycles. The number of nitrogens with two attached hydrogens (primary N) is 1. The monoisotopic (exact) mass is 293 g/mol. The van der Waals surface area contributed by atoms with Crippen molar-refractivity contribution in [3.05, 3.63) is 35.1 Å². The van der Waals surface area contributed by atoms with Crippen LogP contribution in [0, 0.1) is 5.82 Å². The molecule has 116 valence electrons. The molecule has 0 radical (unpaired) electrons. The Kier molecular flexibility index (Phi) is 5.56. The maximum absolute atomic E-state index is 14.1. The van der Waals surface area contributed by atoms with Crippen LogP contribution in [0.4, 0.5) is 4.39 Å². The predicted octanol–water partition coefficient (Wildman–Crippen LogP) is 3.07. The zero-order chi connectivity index (χ0) is 15.2. The van der Waals surface area contributed by atoms with Crippen LogP contribution in [0.5, 0.6) is 0 Å². The predicted molar refractivity (Wildman–Crippen MR) is 81.9 cm³/mol. The molecule has 3 N–H and O–H groups in total. The summed E-state index contributed by atoms with van der Waals surface area (Å²) in [6, 6.07) is 5.27. The van der Waals surface area contributed by atoms with E-state index >= 15 is 0 Å². The largest absolute Gasteiger partial charge is 0.409 e. The van der Waals surface area contributed by atoms with E-state index in [4.69, 9.17) is 10.9 Å². The van der Waals surface area contributed by atoms with Gasteiger partial charge in [0.1, 0.15) is 5.82 Å². The van der Waals surface area contributed by atoms with Crippen molar-refractivity contribution in [1.82, 2.24) is 4.90 Å². The summed E-state index contributed by atoms with van der Waals surface area (Å²) in [6.45, 7) is 0.590. The van der Waals surface area contributed by atoms with Crippen molar-refractivity contribution in [2.24, 2.45) is 10.9 Å². The second-order valence-electron chi connectivity index (χ2n) is 5.85. The van der Waals surface area contributed by atoms with Gasteiger partial charge in [0.25, 0.3) is 0 Å². The molecule has 1 aromatic rings. The Morgan fingerprint density at radius 1 is 1.33 bits per heavy atom. The Bertz CT molecular complexity index is 496. The van der Waals surface area contributed by atoms with Crippen LogP contribution >= 0.6 is 0 Å². The first-order valence-corrected chi connectivity index (χ1v) is 7.58. The molecule has 4 nitrogen and oxygen atoms in total. The maximum atomic E-state index is 14.1. The molecular formula is C16H24FN3O. The zero-order valence-electron chi connectivity index (χ0n) is 12.6.